The molecule has 1 rings (SSSR count). The van der Waals surface area contributed by atoms with Crippen molar-refractivity contribution in [1.82, 2.24) is 0 Å². The minimum Gasteiger partial charge on any atom is -0.493 e. The second-order valence-electron chi connectivity index (χ2n) is 3.50. The third-order valence-electron chi connectivity index (χ3n) is 2.26. The minimum absolute atomic E-state index is 0.269. The highest BCUT2D eigenvalue weighted by molar-refractivity contribution is 5.78. The molecular weight excluding hydrogens is 238 g/mol. The van der Waals surface area contributed by atoms with Gasteiger partial charge in [-0.3, -0.25) is 9.59 Å². The lowest BCUT2D eigenvalue weighted by Crippen LogP contribution is -2.22. The summed E-state index contributed by atoms with van der Waals surface area (Å²) in [7, 11) is 2.68. The van der Waals surface area contributed by atoms with Crippen LogP contribution in [0.3, 0.4) is 0 Å². The van der Waals surface area contributed by atoms with Crippen LogP contribution < -0.4 is 15.2 Å². The summed E-state index contributed by atoms with van der Waals surface area (Å²) in [5.41, 5.74) is 6.19. The van der Waals surface area contributed by atoms with Crippen molar-refractivity contribution in [2.24, 2.45) is 5.73 Å². The Balaban J connectivity index is 3.05. The predicted octanol–water partition coefficient (Wildman–Crippen LogP) is 0.793. The number of rotatable bonds is 4. The average Bonchev–Trinajstić information content (AvgIpc) is 2.36. The number of carbonyl (C=O) groups excluding carboxylic acids is 2. The van der Waals surface area contributed by atoms with E-state index in [0.29, 0.717) is 11.3 Å². The van der Waals surface area contributed by atoms with Crippen LogP contribution in [0.5, 0.6) is 11.5 Å². The maximum absolute atomic E-state index is 11.3. The van der Waals surface area contributed by atoms with E-state index >= 15 is 0 Å². The van der Waals surface area contributed by atoms with E-state index in [2.05, 4.69) is 4.74 Å². The van der Waals surface area contributed by atoms with E-state index in [1.54, 1.807) is 6.07 Å². The summed E-state index contributed by atoms with van der Waals surface area (Å²) in [5, 5.41) is 0. The van der Waals surface area contributed by atoms with Crippen LogP contribution in [0.1, 0.15) is 18.5 Å². The summed E-state index contributed by atoms with van der Waals surface area (Å²) in [4.78, 5) is 22.2. The topological polar surface area (TPSA) is 87.9 Å². The number of hydrogen-bond donors (Lipinski definition) is 1. The molecule has 0 aliphatic heterocycles. The van der Waals surface area contributed by atoms with Gasteiger partial charge in [0.15, 0.2) is 11.5 Å². The molecule has 6 nitrogen and oxygen atoms in total. The molecule has 0 saturated carbocycles. The van der Waals surface area contributed by atoms with E-state index in [4.69, 9.17) is 15.2 Å². The number of methoxy groups -OCH3 is 2. The van der Waals surface area contributed by atoms with Crippen molar-refractivity contribution >= 4 is 11.9 Å². The zero-order chi connectivity index (χ0) is 13.7. The monoisotopic (exact) mass is 253 g/mol. The first-order valence-corrected chi connectivity index (χ1v) is 5.19. The van der Waals surface area contributed by atoms with Crippen LogP contribution in [0.2, 0.25) is 0 Å². The molecule has 0 bridgehead atoms. The number of hydrogen-bond acceptors (Lipinski definition) is 6. The molecule has 0 aliphatic carbocycles. The summed E-state index contributed by atoms with van der Waals surface area (Å²) in [6, 6.07) is 3.70. The molecule has 1 aromatic carbocycles. The molecule has 2 N–H and O–H groups in total. The SMILES string of the molecule is COC(=O)[C@@H](N)c1ccc(OC(C)=O)c(OC)c1. The second-order valence-corrected chi connectivity index (χ2v) is 3.50. The summed E-state index contributed by atoms with van der Waals surface area (Å²) >= 11 is 0. The lowest BCUT2D eigenvalue weighted by Gasteiger charge is -2.13. The van der Waals surface area contributed by atoms with Crippen LogP contribution >= 0.6 is 0 Å². The molecule has 98 valence electrons. The van der Waals surface area contributed by atoms with Crippen LogP contribution in [-0.4, -0.2) is 26.2 Å². The van der Waals surface area contributed by atoms with Crippen molar-refractivity contribution in [2.45, 2.75) is 13.0 Å². The molecule has 0 aromatic heterocycles. The van der Waals surface area contributed by atoms with Crippen molar-refractivity contribution in [3.63, 3.8) is 0 Å². The van der Waals surface area contributed by atoms with E-state index in [-0.39, 0.29) is 5.75 Å². The molecule has 0 saturated heterocycles. The number of benzene rings is 1. The Morgan fingerprint density at radius 3 is 2.39 bits per heavy atom. The first kappa shape index (κ1) is 14.0. The van der Waals surface area contributed by atoms with Crippen LogP contribution in [0.4, 0.5) is 0 Å². The van der Waals surface area contributed by atoms with Gasteiger partial charge in [0.25, 0.3) is 0 Å². The zero-order valence-electron chi connectivity index (χ0n) is 10.4. The molecule has 1 aromatic rings. The van der Waals surface area contributed by atoms with E-state index in [1.165, 1.54) is 33.3 Å². The Morgan fingerprint density at radius 2 is 1.89 bits per heavy atom. The standard InChI is InChI=1S/C12H15NO5/c1-7(14)18-9-5-4-8(6-10(9)16-2)11(13)12(15)17-3/h4-6,11H,13H2,1-3H3/t11-/m0/s1. The highest BCUT2D eigenvalue weighted by Gasteiger charge is 2.18. The van der Waals surface area contributed by atoms with E-state index in [9.17, 15) is 9.59 Å². The van der Waals surface area contributed by atoms with Gasteiger partial charge in [0.05, 0.1) is 14.2 Å². The summed E-state index contributed by atoms with van der Waals surface area (Å²) in [5.74, 6) is -0.427. The Hall–Kier alpha value is -2.08. The molecule has 1 atom stereocenters. The number of esters is 2. The van der Waals surface area contributed by atoms with E-state index in [0.717, 1.165) is 0 Å². The van der Waals surface area contributed by atoms with Crippen molar-refractivity contribution in [1.29, 1.82) is 0 Å². The van der Waals surface area contributed by atoms with Crippen LogP contribution in [0, 0.1) is 0 Å². The molecule has 6 heteroatoms. The summed E-state index contributed by atoms with van der Waals surface area (Å²) in [6.07, 6.45) is 0. The summed E-state index contributed by atoms with van der Waals surface area (Å²) < 4.78 is 14.5. The lowest BCUT2D eigenvalue weighted by molar-refractivity contribution is -0.142. The lowest BCUT2D eigenvalue weighted by atomic mass is 10.1. The van der Waals surface area contributed by atoms with Crippen molar-refractivity contribution in [2.75, 3.05) is 14.2 Å². The zero-order valence-corrected chi connectivity index (χ0v) is 10.4. The van der Waals surface area contributed by atoms with Gasteiger partial charge in [-0.25, -0.2) is 0 Å². The smallest absolute Gasteiger partial charge is 0.327 e. The van der Waals surface area contributed by atoms with Crippen molar-refractivity contribution in [3.05, 3.63) is 23.8 Å². The van der Waals surface area contributed by atoms with Gasteiger partial charge in [-0.15, -0.1) is 0 Å². The van der Waals surface area contributed by atoms with E-state index < -0.39 is 18.0 Å². The van der Waals surface area contributed by atoms with Gasteiger partial charge >= 0.3 is 11.9 Å². The molecule has 0 fully saturated rings. The number of nitrogens with two attached hydrogens (primary N) is 1. The van der Waals surface area contributed by atoms with Crippen LogP contribution in [-0.2, 0) is 14.3 Å². The Bertz CT molecular complexity index is 458. The maximum Gasteiger partial charge on any atom is 0.327 e. The third-order valence-corrected chi connectivity index (χ3v) is 2.26. The Labute approximate surface area is 105 Å². The molecule has 0 heterocycles. The van der Waals surface area contributed by atoms with Gasteiger partial charge in [-0.1, -0.05) is 6.07 Å². The van der Waals surface area contributed by atoms with Gasteiger partial charge in [-0.05, 0) is 17.7 Å². The third kappa shape index (κ3) is 3.21. The molecule has 0 radical (unpaired) electrons. The van der Waals surface area contributed by atoms with Gasteiger partial charge in [0.1, 0.15) is 6.04 Å². The second kappa shape index (κ2) is 6.02. The Kier molecular flexibility index (Phi) is 4.67. The summed E-state index contributed by atoms with van der Waals surface area (Å²) in [6.45, 7) is 1.29. The fourth-order valence-electron chi connectivity index (χ4n) is 1.38. The first-order valence-electron chi connectivity index (χ1n) is 5.19. The number of ether oxygens (including phenoxy) is 3. The van der Waals surface area contributed by atoms with Gasteiger partial charge < -0.3 is 19.9 Å². The predicted molar refractivity (Wildman–Crippen MR) is 63.2 cm³/mol. The highest BCUT2D eigenvalue weighted by Crippen LogP contribution is 2.30. The van der Waals surface area contributed by atoms with Gasteiger partial charge in [0, 0.05) is 6.92 Å². The normalized spacial score (nSPS) is 11.6. The molecule has 0 unspecified atom stereocenters. The molecule has 0 amide bonds. The molecule has 0 aliphatic rings. The fourth-order valence-corrected chi connectivity index (χ4v) is 1.38. The van der Waals surface area contributed by atoms with Crippen molar-refractivity contribution in [3.8, 4) is 11.5 Å². The van der Waals surface area contributed by atoms with Crippen LogP contribution in [0.15, 0.2) is 18.2 Å². The highest BCUT2D eigenvalue weighted by atomic mass is 16.6. The largest absolute Gasteiger partial charge is 0.493 e. The molecular formula is C12H15NO5. The van der Waals surface area contributed by atoms with E-state index in [1.807, 2.05) is 0 Å². The van der Waals surface area contributed by atoms with Gasteiger partial charge in [-0.2, -0.15) is 0 Å². The molecule has 0 spiro atoms. The number of carbonyl (C=O) groups is 2. The first-order chi connectivity index (χ1) is 8.49. The van der Waals surface area contributed by atoms with Crippen molar-refractivity contribution < 1.29 is 23.8 Å². The van der Waals surface area contributed by atoms with Crippen LogP contribution in [0.25, 0.3) is 0 Å². The molecule has 18 heavy (non-hydrogen) atoms. The fraction of sp³-hybridized carbons (Fsp3) is 0.333. The quantitative estimate of drug-likeness (QED) is 0.630. The van der Waals surface area contributed by atoms with Gasteiger partial charge in [0.2, 0.25) is 0 Å². The minimum atomic E-state index is -0.907. The Morgan fingerprint density at radius 1 is 1.22 bits per heavy atom. The maximum atomic E-state index is 11.3. The average molecular weight is 253 g/mol.